The molecule has 3 aliphatic rings. The second-order valence-electron chi connectivity index (χ2n) is 13.8. The molecule has 15 heteroatoms. The molecule has 14 nitrogen and oxygen atoms in total. The molecule has 2 heterocycles. The number of carbonyl (C=O) groups is 3. The van der Waals surface area contributed by atoms with Crippen molar-refractivity contribution in [3.8, 4) is 5.88 Å². The van der Waals surface area contributed by atoms with Gasteiger partial charge in [-0.25, -0.2) is 13.2 Å². The van der Waals surface area contributed by atoms with Gasteiger partial charge >= 0.3 is 28.8 Å². The van der Waals surface area contributed by atoms with Crippen molar-refractivity contribution in [2.45, 2.75) is 87.8 Å². The number of esters is 3. The van der Waals surface area contributed by atoms with Gasteiger partial charge in [-0.05, 0) is 67.1 Å². The van der Waals surface area contributed by atoms with E-state index in [1.165, 1.54) is 24.3 Å². The van der Waals surface area contributed by atoms with Crippen LogP contribution in [0.4, 0.5) is 0 Å². The smallest absolute Gasteiger partial charge is 0.414 e. The van der Waals surface area contributed by atoms with Crippen LogP contribution in [0.2, 0.25) is 0 Å². The minimum absolute atomic E-state index is 0.00941. The van der Waals surface area contributed by atoms with Crippen LogP contribution in [0.1, 0.15) is 65.7 Å². The fourth-order valence-electron chi connectivity index (χ4n) is 7.70. The minimum Gasteiger partial charge on any atom is -0.463 e. The summed E-state index contributed by atoms with van der Waals surface area (Å²) in [4.78, 5) is 37.2. The van der Waals surface area contributed by atoms with Crippen LogP contribution in [0.15, 0.2) is 80.8 Å². The SMILES string of the molecule is C=C1CCC2[C@](C)(CO)[C@H](OC(=O)CCC(=O)OC(C)CCOc3no[n+]([O-])c3S(=O)(=O)c3ccccc3)CC[C@@]2(C)[C@@H]1/C=C/C1=CCOC1=O. The number of ether oxygens (including phenoxy) is 4. The molecule has 2 saturated carbocycles. The molecule has 2 aromatic rings. The van der Waals surface area contributed by atoms with Crippen LogP contribution in [-0.4, -0.2) is 68.6 Å². The largest absolute Gasteiger partial charge is 0.463 e. The number of aliphatic hydroxyl groups is 1. The third-order valence-electron chi connectivity index (χ3n) is 10.5. The van der Waals surface area contributed by atoms with Crippen molar-refractivity contribution in [1.82, 2.24) is 5.16 Å². The van der Waals surface area contributed by atoms with Crippen LogP contribution in [0.5, 0.6) is 5.88 Å². The molecule has 2 unspecified atom stereocenters. The zero-order chi connectivity index (χ0) is 37.0. The van der Waals surface area contributed by atoms with Gasteiger partial charge in [-0.3, -0.25) is 14.2 Å². The second kappa shape index (κ2) is 15.4. The van der Waals surface area contributed by atoms with Gasteiger partial charge in [-0.15, -0.1) is 0 Å². The van der Waals surface area contributed by atoms with Gasteiger partial charge in [0.25, 0.3) is 9.84 Å². The maximum absolute atomic E-state index is 13.0. The Bertz CT molecular complexity index is 1800. The summed E-state index contributed by atoms with van der Waals surface area (Å²) in [5.41, 5.74) is 0.533. The van der Waals surface area contributed by atoms with Crippen molar-refractivity contribution in [3.63, 3.8) is 0 Å². The van der Waals surface area contributed by atoms with Crippen molar-refractivity contribution >= 4 is 27.7 Å². The van der Waals surface area contributed by atoms with Crippen molar-refractivity contribution in [3.05, 3.63) is 71.5 Å². The Balaban J connectivity index is 1.11. The molecule has 2 aliphatic carbocycles. The van der Waals surface area contributed by atoms with E-state index in [9.17, 15) is 33.1 Å². The molecule has 1 aliphatic heterocycles. The lowest BCUT2D eigenvalue weighted by molar-refractivity contribution is -0.832. The molecule has 276 valence electrons. The van der Waals surface area contributed by atoms with Crippen LogP contribution < -0.4 is 9.64 Å². The topological polar surface area (TPSA) is 195 Å². The number of nitrogens with zero attached hydrogens (tertiary/aromatic N) is 2. The summed E-state index contributed by atoms with van der Waals surface area (Å²) in [7, 11) is -4.28. The molecule has 1 aromatic carbocycles. The Morgan fingerprint density at radius 3 is 2.61 bits per heavy atom. The first-order valence-corrected chi connectivity index (χ1v) is 18.4. The monoisotopic (exact) mass is 728 g/mol. The van der Waals surface area contributed by atoms with Crippen LogP contribution in [0.25, 0.3) is 0 Å². The van der Waals surface area contributed by atoms with Gasteiger partial charge < -0.3 is 29.3 Å². The van der Waals surface area contributed by atoms with Gasteiger partial charge in [0.15, 0.2) is 0 Å². The van der Waals surface area contributed by atoms with Gasteiger partial charge in [-0.1, -0.05) is 56.4 Å². The summed E-state index contributed by atoms with van der Waals surface area (Å²) < 4.78 is 52.1. The van der Waals surface area contributed by atoms with Crippen molar-refractivity contribution in [2.24, 2.45) is 22.7 Å². The molecule has 6 atom stereocenters. The number of allylic oxidation sites excluding steroid dienone is 2. The highest BCUT2D eigenvalue weighted by Crippen LogP contribution is 2.61. The van der Waals surface area contributed by atoms with E-state index >= 15 is 0 Å². The lowest BCUT2D eigenvalue weighted by atomic mass is 9.46. The first-order chi connectivity index (χ1) is 24.2. The zero-order valence-corrected chi connectivity index (χ0v) is 29.8. The highest BCUT2D eigenvalue weighted by molar-refractivity contribution is 7.91. The fraction of sp³-hybridized carbons (Fsp3) is 0.528. The molecule has 5 rings (SSSR count). The van der Waals surface area contributed by atoms with Gasteiger partial charge in [0.05, 0.1) is 41.7 Å². The first kappa shape index (κ1) is 37.7. The standard InChI is InChI=1S/C36H44N2O12S/c1-23-10-13-28-35(3,27(23)12-11-25-18-21-47-34(25)42)19-16-29(36(28,4)22-39)49-31(41)15-14-30(40)48-24(2)17-20-46-32-33(38(43)50-37-32)51(44,45)26-8-6-5-7-9-26/h5-9,11-12,18,24,27-29,39H,1,10,13-17,19-22H2,2-4H3/b12-11+/t24?,27-,28?,29-,35+,36+/m1/s1. The molecule has 2 fully saturated rings. The van der Waals surface area contributed by atoms with Crippen LogP contribution in [0, 0.1) is 27.9 Å². The normalized spacial score (nSPS) is 27.0. The molecule has 0 spiro atoms. The minimum atomic E-state index is -4.28. The Hall–Kier alpha value is -4.50. The summed E-state index contributed by atoms with van der Waals surface area (Å²) in [6, 6.07) is 7.27. The summed E-state index contributed by atoms with van der Waals surface area (Å²) in [5, 5.41) is 25.4. The number of sulfone groups is 1. The number of aliphatic hydroxyl groups excluding tert-OH is 1. The number of aromatic nitrogens is 2. The Labute approximate surface area is 296 Å². The predicted octanol–water partition coefficient (Wildman–Crippen LogP) is 3.95. The van der Waals surface area contributed by atoms with E-state index in [-0.39, 0.29) is 72.1 Å². The summed E-state index contributed by atoms with van der Waals surface area (Å²) in [6.07, 6.45) is 6.67. The Morgan fingerprint density at radius 1 is 1.20 bits per heavy atom. The summed E-state index contributed by atoms with van der Waals surface area (Å²) in [6.45, 7) is 9.93. The molecular weight excluding hydrogens is 684 g/mol. The van der Waals surface area contributed by atoms with Crippen molar-refractivity contribution in [1.29, 1.82) is 0 Å². The predicted molar refractivity (Wildman–Crippen MR) is 178 cm³/mol. The van der Waals surface area contributed by atoms with Gasteiger partial charge in [0, 0.05) is 17.8 Å². The first-order valence-electron chi connectivity index (χ1n) is 17.0. The Morgan fingerprint density at radius 2 is 1.92 bits per heavy atom. The molecule has 1 aromatic heterocycles. The van der Waals surface area contributed by atoms with Crippen molar-refractivity contribution < 1.29 is 56.4 Å². The lowest BCUT2D eigenvalue weighted by Crippen LogP contribution is -2.58. The number of rotatable bonds is 14. The number of benzene rings is 1. The maximum atomic E-state index is 13.0. The van der Waals surface area contributed by atoms with Crippen molar-refractivity contribution in [2.75, 3.05) is 19.8 Å². The maximum Gasteiger partial charge on any atom is 0.414 e. The fourth-order valence-corrected chi connectivity index (χ4v) is 9.00. The average Bonchev–Trinajstić information content (AvgIpc) is 3.69. The molecule has 51 heavy (non-hydrogen) atoms. The molecule has 0 bridgehead atoms. The number of fused-ring (bicyclic) bond motifs is 1. The molecular formula is C36H44N2O12S. The third-order valence-corrected chi connectivity index (χ3v) is 12.2. The number of hydrogen-bond acceptors (Lipinski definition) is 13. The summed E-state index contributed by atoms with van der Waals surface area (Å²) in [5.74, 6) is -2.15. The van der Waals surface area contributed by atoms with Gasteiger partial charge in [0.1, 0.15) is 18.8 Å². The highest BCUT2D eigenvalue weighted by Gasteiger charge is 2.58. The van der Waals surface area contributed by atoms with E-state index in [1.807, 2.05) is 13.0 Å². The van der Waals surface area contributed by atoms with E-state index in [4.69, 9.17) is 18.9 Å². The van der Waals surface area contributed by atoms with E-state index in [0.717, 1.165) is 18.4 Å². The van der Waals surface area contributed by atoms with Crippen LogP contribution >= 0.6 is 0 Å². The van der Waals surface area contributed by atoms with E-state index in [0.29, 0.717) is 18.4 Å². The van der Waals surface area contributed by atoms with E-state index in [1.54, 1.807) is 25.1 Å². The molecule has 1 N–H and O–H groups in total. The Kier molecular flexibility index (Phi) is 11.4. The molecule has 0 amide bonds. The average molecular weight is 729 g/mol. The van der Waals surface area contributed by atoms with E-state index < -0.39 is 50.3 Å². The number of carbonyl (C=O) groups excluding carboxylic acids is 3. The van der Waals surface area contributed by atoms with Gasteiger partial charge in [0.2, 0.25) is 0 Å². The van der Waals surface area contributed by atoms with Gasteiger partial charge in [-0.2, -0.15) is 0 Å². The lowest BCUT2D eigenvalue weighted by Gasteiger charge is -2.59. The number of hydrogen-bond donors (Lipinski definition) is 1. The zero-order valence-electron chi connectivity index (χ0n) is 28.9. The molecule has 0 radical (unpaired) electrons. The second-order valence-corrected chi connectivity index (χ2v) is 15.7. The highest BCUT2D eigenvalue weighted by atomic mass is 32.2. The molecule has 0 saturated heterocycles. The quantitative estimate of drug-likeness (QED) is 0.127. The summed E-state index contributed by atoms with van der Waals surface area (Å²) >= 11 is 0. The van der Waals surface area contributed by atoms with Crippen LogP contribution in [-0.2, 0) is 38.4 Å². The third kappa shape index (κ3) is 7.88. The number of cyclic esters (lactones) is 1. The van der Waals surface area contributed by atoms with Crippen LogP contribution in [0.3, 0.4) is 0 Å². The van der Waals surface area contributed by atoms with E-state index in [2.05, 4.69) is 23.3 Å².